The minimum Gasteiger partial charge on any atom is -0.444 e. The average Bonchev–Trinajstić information content (AvgIpc) is 3.30. The molecule has 2 aromatic rings. The number of cyclic esters (lactones) is 1. The molecule has 0 spiro atoms. The lowest BCUT2D eigenvalue weighted by molar-refractivity contribution is 0.00913. The van der Waals surface area contributed by atoms with Crippen molar-refractivity contribution >= 4 is 17.9 Å². The Morgan fingerprint density at radius 2 is 2.07 bits per heavy atom. The van der Waals surface area contributed by atoms with E-state index in [1.54, 1.807) is 22.2 Å². The molecule has 1 fully saturated rings. The summed E-state index contributed by atoms with van der Waals surface area (Å²) in [6.07, 6.45) is 3.86. The molecule has 156 valence electrons. The third-order valence-corrected chi connectivity index (χ3v) is 5.09. The number of imidazole rings is 1. The maximum absolute atomic E-state index is 12.7. The van der Waals surface area contributed by atoms with E-state index in [4.69, 9.17) is 9.47 Å². The molecule has 2 aromatic heterocycles. The lowest BCUT2D eigenvalue weighted by Crippen LogP contribution is -2.47. The van der Waals surface area contributed by atoms with E-state index >= 15 is 0 Å². The van der Waals surface area contributed by atoms with Crippen LogP contribution in [0.3, 0.4) is 0 Å². The molecule has 2 atom stereocenters. The molecule has 4 rings (SSSR count). The minimum absolute atomic E-state index is 0.0732. The van der Waals surface area contributed by atoms with Crippen LogP contribution in [0.15, 0.2) is 18.6 Å². The van der Waals surface area contributed by atoms with Crippen molar-refractivity contribution in [1.82, 2.24) is 24.2 Å². The fourth-order valence-corrected chi connectivity index (χ4v) is 3.66. The van der Waals surface area contributed by atoms with Crippen molar-refractivity contribution in [2.75, 3.05) is 11.4 Å². The molecule has 0 N–H and O–H groups in total. The number of anilines is 1. The van der Waals surface area contributed by atoms with Gasteiger partial charge in [-0.3, -0.25) is 14.5 Å². The second-order valence-electron chi connectivity index (χ2n) is 8.50. The van der Waals surface area contributed by atoms with Gasteiger partial charge in [-0.1, -0.05) is 0 Å². The van der Waals surface area contributed by atoms with Gasteiger partial charge >= 0.3 is 12.2 Å². The summed E-state index contributed by atoms with van der Waals surface area (Å²) in [5.41, 5.74) is 0.851. The molecular weight excluding hydrogens is 376 g/mol. The maximum Gasteiger partial charge on any atom is 0.415 e. The van der Waals surface area contributed by atoms with Crippen LogP contribution in [-0.4, -0.2) is 54.6 Å². The fraction of sp³-hybridized carbons (Fsp3) is 0.579. The molecule has 0 saturated carbocycles. The van der Waals surface area contributed by atoms with Crippen molar-refractivity contribution in [2.45, 2.75) is 58.5 Å². The van der Waals surface area contributed by atoms with Crippen molar-refractivity contribution in [3.8, 4) is 0 Å². The zero-order valence-electron chi connectivity index (χ0n) is 17.3. The molecule has 0 bridgehead atoms. The minimum atomic E-state index is -0.578. The van der Waals surface area contributed by atoms with Crippen LogP contribution in [0.25, 0.3) is 0 Å². The second-order valence-corrected chi connectivity index (χ2v) is 8.50. The van der Waals surface area contributed by atoms with E-state index < -0.39 is 17.8 Å². The van der Waals surface area contributed by atoms with Gasteiger partial charge in [-0.15, -0.1) is 0 Å². The van der Waals surface area contributed by atoms with Crippen LogP contribution in [0.2, 0.25) is 0 Å². The van der Waals surface area contributed by atoms with Crippen LogP contribution in [0.5, 0.6) is 0 Å². The number of fused-ring (bicyclic) bond motifs is 1. The topological polar surface area (TPSA) is 94.7 Å². The summed E-state index contributed by atoms with van der Waals surface area (Å²) in [5.74, 6) is 0.686. The number of aromatic nitrogens is 4. The third kappa shape index (κ3) is 3.54. The molecule has 2 aliphatic rings. The summed E-state index contributed by atoms with van der Waals surface area (Å²) in [7, 11) is 1.86. The first-order valence-corrected chi connectivity index (χ1v) is 9.63. The first-order valence-electron chi connectivity index (χ1n) is 9.63. The highest BCUT2D eigenvalue weighted by Gasteiger charge is 2.40. The van der Waals surface area contributed by atoms with Gasteiger partial charge < -0.3 is 14.0 Å². The molecule has 2 amide bonds. The van der Waals surface area contributed by atoms with Gasteiger partial charge in [0.25, 0.3) is 0 Å². The summed E-state index contributed by atoms with van der Waals surface area (Å²) in [4.78, 5) is 32.7. The van der Waals surface area contributed by atoms with Crippen molar-refractivity contribution in [2.24, 2.45) is 7.05 Å². The fourth-order valence-electron chi connectivity index (χ4n) is 3.66. The van der Waals surface area contributed by atoms with Gasteiger partial charge in [-0.2, -0.15) is 5.10 Å². The summed E-state index contributed by atoms with van der Waals surface area (Å²) < 4.78 is 14.8. The molecule has 0 aliphatic carbocycles. The van der Waals surface area contributed by atoms with Gasteiger partial charge in [-0.05, 0) is 27.7 Å². The van der Waals surface area contributed by atoms with Crippen LogP contribution < -0.4 is 4.90 Å². The summed E-state index contributed by atoms with van der Waals surface area (Å²) >= 11 is 0. The Bertz CT molecular complexity index is 943. The highest BCUT2D eigenvalue weighted by atomic mass is 16.6. The van der Waals surface area contributed by atoms with Crippen molar-refractivity contribution < 1.29 is 19.1 Å². The number of aryl methyl sites for hydroxylation is 1. The number of ether oxygens (including phenoxy) is 2. The van der Waals surface area contributed by atoms with E-state index in [1.807, 2.05) is 50.2 Å². The maximum atomic E-state index is 12.7. The van der Waals surface area contributed by atoms with Gasteiger partial charge in [0, 0.05) is 19.4 Å². The molecule has 1 unspecified atom stereocenters. The van der Waals surface area contributed by atoms with E-state index in [-0.39, 0.29) is 12.1 Å². The largest absolute Gasteiger partial charge is 0.444 e. The summed E-state index contributed by atoms with van der Waals surface area (Å²) in [5, 5.41) is 4.43. The number of hydrogen-bond acceptors (Lipinski definition) is 6. The molecular formula is C19H26N6O4. The van der Waals surface area contributed by atoms with Gasteiger partial charge in [0.1, 0.15) is 5.60 Å². The van der Waals surface area contributed by atoms with Crippen LogP contribution in [-0.2, 0) is 29.6 Å². The third-order valence-electron chi connectivity index (χ3n) is 5.09. The van der Waals surface area contributed by atoms with E-state index in [1.165, 1.54) is 0 Å². The molecule has 0 radical (unpaired) electrons. The van der Waals surface area contributed by atoms with Crippen molar-refractivity contribution in [3.63, 3.8) is 0 Å². The average molecular weight is 402 g/mol. The first-order chi connectivity index (χ1) is 13.6. The Kier molecular flexibility index (Phi) is 4.51. The standard InChI is InChI=1S/C19H26N6O4/c1-12-9-25-14(10-23(12)18(27)29-19(2,3)4)13(8-21-25)24-11-15(28-17(24)26)16-20-6-7-22(16)5/h6-8,12,15H,9-11H2,1-5H3/t12-,15?/m0/s1. The van der Waals surface area contributed by atoms with Gasteiger partial charge in [0.15, 0.2) is 11.9 Å². The van der Waals surface area contributed by atoms with Crippen LogP contribution in [0.4, 0.5) is 15.3 Å². The molecule has 10 nitrogen and oxygen atoms in total. The Morgan fingerprint density at radius 3 is 2.72 bits per heavy atom. The molecule has 2 aliphatic heterocycles. The van der Waals surface area contributed by atoms with Crippen molar-refractivity contribution in [3.05, 3.63) is 30.1 Å². The zero-order chi connectivity index (χ0) is 20.9. The quantitative estimate of drug-likeness (QED) is 0.766. The second kappa shape index (κ2) is 6.78. The van der Waals surface area contributed by atoms with Gasteiger partial charge in [-0.25, -0.2) is 14.6 Å². The van der Waals surface area contributed by atoms with E-state index in [9.17, 15) is 9.59 Å². The predicted molar refractivity (Wildman–Crippen MR) is 103 cm³/mol. The first kappa shape index (κ1) is 19.3. The summed E-state index contributed by atoms with van der Waals surface area (Å²) in [6, 6.07) is -0.0732. The monoisotopic (exact) mass is 402 g/mol. The van der Waals surface area contributed by atoms with Crippen LogP contribution in [0, 0.1) is 0 Å². The molecule has 29 heavy (non-hydrogen) atoms. The number of rotatable bonds is 2. The number of carbonyl (C=O) groups excluding carboxylic acids is 2. The van der Waals surface area contributed by atoms with E-state index in [2.05, 4.69) is 10.1 Å². The van der Waals surface area contributed by atoms with Gasteiger partial charge in [0.2, 0.25) is 0 Å². The Labute approximate surface area is 169 Å². The van der Waals surface area contributed by atoms with Crippen LogP contribution >= 0.6 is 0 Å². The normalized spacial score (nSPS) is 21.9. The number of nitrogens with zero attached hydrogens (tertiary/aromatic N) is 6. The predicted octanol–water partition coefficient (Wildman–Crippen LogP) is 2.45. The SMILES string of the molecule is C[C@H]1Cn2ncc(N3CC(c4nccn4C)OC3=O)c2CN1C(=O)OC(C)(C)C. The Morgan fingerprint density at radius 1 is 1.31 bits per heavy atom. The number of amides is 2. The van der Waals surface area contributed by atoms with Crippen LogP contribution in [0.1, 0.15) is 45.3 Å². The van der Waals surface area contributed by atoms with Gasteiger partial charge in [0.05, 0.1) is 43.3 Å². The molecule has 0 aromatic carbocycles. The van der Waals surface area contributed by atoms with Crippen molar-refractivity contribution in [1.29, 1.82) is 0 Å². The lowest BCUT2D eigenvalue weighted by atomic mass is 10.1. The molecule has 10 heteroatoms. The van der Waals surface area contributed by atoms with E-state index in [0.717, 1.165) is 5.69 Å². The Balaban J connectivity index is 1.57. The smallest absolute Gasteiger partial charge is 0.415 e. The molecule has 1 saturated heterocycles. The highest BCUT2D eigenvalue weighted by Crippen LogP contribution is 2.34. The highest BCUT2D eigenvalue weighted by molar-refractivity contribution is 5.90. The summed E-state index contributed by atoms with van der Waals surface area (Å²) in [6.45, 7) is 8.65. The lowest BCUT2D eigenvalue weighted by Gasteiger charge is -2.35. The Hall–Kier alpha value is -3.04. The number of carbonyl (C=O) groups is 2. The van der Waals surface area contributed by atoms with E-state index in [0.29, 0.717) is 31.1 Å². The number of hydrogen-bond donors (Lipinski definition) is 0. The molecule has 4 heterocycles. The zero-order valence-corrected chi connectivity index (χ0v) is 17.3.